The highest BCUT2D eigenvalue weighted by Crippen LogP contribution is 2.48. The third kappa shape index (κ3) is 2.89. The summed E-state index contributed by atoms with van der Waals surface area (Å²) in [6, 6.07) is 44.9. The number of fused-ring (bicyclic) bond motifs is 6. The van der Waals surface area contributed by atoms with Gasteiger partial charge >= 0.3 is 0 Å². The van der Waals surface area contributed by atoms with Crippen LogP contribution in [0.3, 0.4) is 0 Å². The first-order valence-corrected chi connectivity index (χ1v) is 12.8. The largest absolute Gasteiger partial charge is 0.0888 e. The van der Waals surface area contributed by atoms with Crippen LogP contribution in [0.2, 0.25) is 0 Å². The molecule has 0 radical (unpaired) electrons. The smallest absolute Gasteiger partial charge is 0.0207 e. The minimum absolute atomic E-state index is 1.26. The van der Waals surface area contributed by atoms with Crippen LogP contribution in [0.5, 0.6) is 0 Å². The van der Waals surface area contributed by atoms with Crippen molar-refractivity contribution in [1.29, 1.82) is 0 Å². The maximum Gasteiger partial charge on any atom is 0.0207 e. The van der Waals surface area contributed by atoms with Gasteiger partial charge in [0.05, 0.1) is 0 Å². The van der Waals surface area contributed by atoms with Gasteiger partial charge < -0.3 is 0 Å². The number of hydrogen-bond donors (Lipinski definition) is 0. The molecule has 0 amide bonds. The predicted molar refractivity (Wildman–Crippen MR) is 151 cm³/mol. The van der Waals surface area contributed by atoms with E-state index >= 15 is 0 Å². The lowest BCUT2D eigenvalue weighted by Crippen LogP contribution is -1.93. The third-order valence-corrected chi connectivity index (χ3v) is 8.53. The molecule has 162 valence electrons. The fourth-order valence-corrected chi connectivity index (χ4v) is 6.81. The van der Waals surface area contributed by atoms with Gasteiger partial charge in [-0.15, -0.1) is 0 Å². The number of rotatable bonds is 1. The van der Waals surface area contributed by atoms with Crippen molar-refractivity contribution in [2.75, 3.05) is 0 Å². The van der Waals surface area contributed by atoms with Gasteiger partial charge in [0, 0.05) is 15.2 Å². The Morgan fingerprint density at radius 3 is 1.97 bits per heavy atom. The molecule has 8 rings (SSSR count). The molecule has 1 aliphatic rings. The topological polar surface area (TPSA) is 0 Å². The summed E-state index contributed by atoms with van der Waals surface area (Å²) in [5, 5.41) is 10.5. The molecular formula is C34H20S. The molecule has 7 aromatic rings. The highest BCUT2D eigenvalue weighted by Gasteiger charge is 2.19. The van der Waals surface area contributed by atoms with Crippen LogP contribution in [0, 0.1) is 0 Å². The lowest BCUT2D eigenvalue weighted by molar-refractivity contribution is 1.40. The van der Waals surface area contributed by atoms with Crippen molar-refractivity contribution < 1.29 is 0 Å². The molecule has 0 bridgehead atoms. The monoisotopic (exact) mass is 460 g/mol. The van der Waals surface area contributed by atoms with E-state index in [1.165, 1.54) is 75.1 Å². The highest BCUT2D eigenvalue weighted by atomic mass is 32.2. The van der Waals surface area contributed by atoms with Crippen molar-refractivity contribution in [1.82, 2.24) is 0 Å². The van der Waals surface area contributed by atoms with Crippen molar-refractivity contribution in [3.63, 3.8) is 0 Å². The summed E-state index contributed by atoms with van der Waals surface area (Å²) in [5.74, 6) is 0. The van der Waals surface area contributed by atoms with E-state index in [1.807, 2.05) is 11.8 Å². The van der Waals surface area contributed by atoms with Gasteiger partial charge in [0.2, 0.25) is 0 Å². The molecule has 0 N–H and O–H groups in total. The minimum atomic E-state index is 1.26. The Hall–Kier alpha value is -4.07. The average Bonchev–Trinajstić information content (AvgIpc) is 2.92. The summed E-state index contributed by atoms with van der Waals surface area (Å²) in [6.07, 6.45) is 0. The van der Waals surface area contributed by atoms with Gasteiger partial charge in [-0.2, -0.15) is 0 Å². The first-order valence-electron chi connectivity index (χ1n) is 12.0. The maximum atomic E-state index is 2.38. The molecule has 35 heavy (non-hydrogen) atoms. The van der Waals surface area contributed by atoms with Gasteiger partial charge in [-0.25, -0.2) is 0 Å². The zero-order chi connectivity index (χ0) is 22.9. The van der Waals surface area contributed by atoms with Gasteiger partial charge in [-0.05, 0) is 96.4 Å². The van der Waals surface area contributed by atoms with Crippen LogP contribution in [0.1, 0.15) is 0 Å². The van der Waals surface area contributed by atoms with Gasteiger partial charge in [0.15, 0.2) is 0 Å². The molecule has 0 unspecified atom stereocenters. The van der Waals surface area contributed by atoms with Gasteiger partial charge in [-0.3, -0.25) is 0 Å². The van der Waals surface area contributed by atoms with E-state index in [0.717, 1.165) is 0 Å². The summed E-state index contributed by atoms with van der Waals surface area (Å²) >= 11 is 1.88. The van der Waals surface area contributed by atoms with Crippen molar-refractivity contribution in [3.8, 4) is 22.3 Å². The van der Waals surface area contributed by atoms with Crippen LogP contribution in [0.25, 0.3) is 65.3 Å². The number of benzene rings is 7. The van der Waals surface area contributed by atoms with Crippen LogP contribution < -0.4 is 0 Å². The van der Waals surface area contributed by atoms with E-state index in [-0.39, 0.29) is 0 Å². The third-order valence-electron chi connectivity index (χ3n) is 7.39. The first-order chi connectivity index (χ1) is 17.3. The molecule has 7 aromatic carbocycles. The molecule has 0 fully saturated rings. The van der Waals surface area contributed by atoms with Crippen molar-refractivity contribution in [2.24, 2.45) is 0 Å². The van der Waals surface area contributed by atoms with Crippen LogP contribution in [-0.2, 0) is 0 Å². The Kier molecular flexibility index (Phi) is 3.97. The molecule has 0 atom stereocenters. The van der Waals surface area contributed by atoms with Gasteiger partial charge in [-0.1, -0.05) is 96.7 Å². The highest BCUT2D eigenvalue weighted by molar-refractivity contribution is 7.99. The zero-order valence-electron chi connectivity index (χ0n) is 19.0. The molecule has 0 saturated carbocycles. The molecular weight excluding hydrogens is 440 g/mol. The van der Waals surface area contributed by atoms with E-state index in [4.69, 9.17) is 0 Å². The molecule has 0 nitrogen and oxygen atoms in total. The Bertz CT molecular complexity index is 1970. The molecule has 0 aliphatic carbocycles. The average molecular weight is 461 g/mol. The van der Waals surface area contributed by atoms with E-state index < -0.39 is 0 Å². The summed E-state index contributed by atoms with van der Waals surface area (Å²) in [4.78, 5) is 2.68. The molecule has 1 heterocycles. The number of hydrogen-bond acceptors (Lipinski definition) is 1. The summed E-state index contributed by atoms with van der Waals surface area (Å²) in [7, 11) is 0. The first kappa shape index (κ1) is 19.3. The lowest BCUT2D eigenvalue weighted by atomic mass is 9.93. The van der Waals surface area contributed by atoms with E-state index in [0.29, 0.717) is 0 Å². The fourth-order valence-electron chi connectivity index (χ4n) is 5.68. The normalized spacial score (nSPS) is 12.5. The predicted octanol–water partition coefficient (Wildman–Crippen LogP) is 10.1. The van der Waals surface area contributed by atoms with E-state index in [1.54, 1.807) is 0 Å². The minimum Gasteiger partial charge on any atom is -0.0888 e. The second kappa shape index (κ2) is 7.21. The molecule has 0 spiro atoms. The molecule has 0 saturated heterocycles. The lowest BCUT2D eigenvalue weighted by Gasteiger charge is -2.21. The van der Waals surface area contributed by atoms with Gasteiger partial charge in [0.25, 0.3) is 0 Å². The Morgan fingerprint density at radius 2 is 1.09 bits per heavy atom. The molecule has 1 heteroatoms. The van der Waals surface area contributed by atoms with Crippen molar-refractivity contribution >= 4 is 54.9 Å². The summed E-state index contributed by atoms with van der Waals surface area (Å²) < 4.78 is 0. The molecule has 1 aliphatic heterocycles. The molecule has 0 aromatic heterocycles. The van der Waals surface area contributed by atoms with E-state index in [2.05, 4.69) is 121 Å². The second-order valence-electron chi connectivity index (χ2n) is 9.39. The summed E-state index contributed by atoms with van der Waals surface area (Å²) in [6.45, 7) is 0. The maximum absolute atomic E-state index is 2.38. The quantitative estimate of drug-likeness (QED) is 0.173. The van der Waals surface area contributed by atoms with Crippen LogP contribution in [0.15, 0.2) is 131 Å². The Morgan fingerprint density at radius 1 is 0.371 bits per heavy atom. The Balaban J connectivity index is 1.30. The van der Waals surface area contributed by atoms with E-state index in [9.17, 15) is 0 Å². The zero-order valence-corrected chi connectivity index (χ0v) is 19.8. The second-order valence-corrected chi connectivity index (χ2v) is 10.5. The van der Waals surface area contributed by atoms with Crippen LogP contribution in [0.4, 0.5) is 0 Å². The van der Waals surface area contributed by atoms with Gasteiger partial charge in [0.1, 0.15) is 0 Å². The SMILES string of the molecule is c1ccc2cc3c(ccc4cc(-c5ccc6c(c5)-c5cccc7cccc(c57)S6)ccc43)cc2c1. The van der Waals surface area contributed by atoms with Crippen molar-refractivity contribution in [2.45, 2.75) is 9.79 Å². The van der Waals surface area contributed by atoms with Crippen molar-refractivity contribution in [3.05, 3.63) is 121 Å². The Labute approximate surface area is 207 Å². The van der Waals surface area contributed by atoms with Crippen LogP contribution in [-0.4, -0.2) is 0 Å². The summed E-state index contributed by atoms with van der Waals surface area (Å²) in [5.41, 5.74) is 5.20. The van der Waals surface area contributed by atoms with Crippen LogP contribution >= 0.6 is 11.8 Å². The standard InChI is InChI=1S/C34H20S/c1-2-6-23-19-30-27(17-22(23)5-1)12-11-26-18-24(13-15-28(26)30)25-14-16-32-31(20-25)29-9-3-7-21-8-4-10-33(35-32)34(21)29/h1-20H. The fraction of sp³-hybridized carbons (Fsp3) is 0.